The van der Waals surface area contributed by atoms with Gasteiger partial charge in [0.15, 0.2) is 0 Å². The number of amides is 2. The van der Waals surface area contributed by atoms with Gasteiger partial charge in [0.1, 0.15) is 5.75 Å². The van der Waals surface area contributed by atoms with Gasteiger partial charge in [0.2, 0.25) is 5.91 Å². The number of benzene rings is 2. The highest BCUT2D eigenvalue weighted by Gasteiger charge is 2.61. The van der Waals surface area contributed by atoms with E-state index in [9.17, 15) is 19.6 Å². The third-order valence-electron chi connectivity index (χ3n) is 6.83. The number of hydrogen-bond donors (Lipinski definition) is 2. The topological polar surface area (TPSA) is 118 Å². The van der Waals surface area contributed by atoms with Gasteiger partial charge in [-0.05, 0) is 68.5 Å². The summed E-state index contributed by atoms with van der Waals surface area (Å²) in [6.07, 6.45) is 2.80. The normalized spacial score (nSPS) is 19.6. The Morgan fingerprint density at radius 1 is 1.23 bits per heavy atom. The molecule has 2 N–H and O–H groups in total. The molecule has 0 radical (unpaired) electrons. The number of ether oxygens (including phenoxy) is 2. The number of anilines is 1. The maximum atomic E-state index is 13.4. The van der Waals surface area contributed by atoms with Gasteiger partial charge in [0.05, 0.1) is 24.8 Å². The lowest BCUT2D eigenvalue weighted by molar-refractivity contribution is -0.143. The lowest BCUT2D eigenvalue weighted by Crippen LogP contribution is -2.28. The van der Waals surface area contributed by atoms with E-state index in [-0.39, 0.29) is 35.5 Å². The average molecular weight is 476 g/mol. The molecule has 1 aliphatic heterocycles. The van der Waals surface area contributed by atoms with Gasteiger partial charge in [-0.25, -0.2) is 0 Å². The van der Waals surface area contributed by atoms with Crippen LogP contribution in [0.25, 0.3) is 0 Å². The van der Waals surface area contributed by atoms with Crippen molar-refractivity contribution in [3.8, 4) is 11.8 Å². The van der Waals surface area contributed by atoms with Gasteiger partial charge in [-0.3, -0.25) is 14.4 Å². The van der Waals surface area contributed by atoms with Gasteiger partial charge < -0.3 is 20.1 Å². The van der Waals surface area contributed by atoms with Gasteiger partial charge in [-0.15, -0.1) is 0 Å². The third kappa shape index (κ3) is 4.99. The molecular weight excluding hydrogens is 446 g/mol. The number of nitrogens with zero attached hydrogens (tertiary/aromatic N) is 1. The highest BCUT2D eigenvalue weighted by molar-refractivity contribution is 5.98. The second-order valence-corrected chi connectivity index (χ2v) is 8.93. The summed E-state index contributed by atoms with van der Waals surface area (Å²) in [7, 11) is 1.58. The van der Waals surface area contributed by atoms with Crippen LogP contribution in [0.15, 0.2) is 36.4 Å². The van der Waals surface area contributed by atoms with Gasteiger partial charge >= 0.3 is 5.97 Å². The van der Waals surface area contributed by atoms with E-state index in [0.717, 1.165) is 11.1 Å². The molecule has 4 rings (SSSR count). The molecule has 2 aromatic rings. The molecule has 2 atom stereocenters. The Bertz CT molecular complexity index is 1200. The lowest BCUT2D eigenvalue weighted by atomic mass is 9.86. The fourth-order valence-corrected chi connectivity index (χ4v) is 4.89. The molecule has 1 heterocycles. The van der Waals surface area contributed by atoms with E-state index in [0.29, 0.717) is 61.5 Å². The first kappa shape index (κ1) is 24.3. The first-order valence-electron chi connectivity index (χ1n) is 11.9. The summed E-state index contributed by atoms with van der Waals surface area (Å²) in [5.74, 6) is -0.101. The van der Waals surface area contributed by atoms with E-state index in [1.165, 1.54) is 0 Å². The number of nitrogens with one attached hydrogen (secondary N) is 2. The van der Waals surface area contributed by atoms with E-state index in [1.54, 1.807) is 38.2 Å². The standard InChI is InChI=1S/C27H29N3O5/c1-3-34-24(31)6-4-5-18-8-7-17(16-28)13-22(18)30-26(33)21-15-27(21)11-12-35-23-10-9-19(14-20(23)27)25(32)29-2/h7-10,13-14,21H,3-6,11-12,15H2,1-2H3,(H,29,32)(H,30,33)/t21-,27-/m0/s1. The first-order chi connectivity index (χ1) is 16.9. The van der Waals surface area contributed by atoms with Crippen molar-refractivity contribution >= 4 is 23.5 Å². The van der Waals surface area contributed by atoms with Crippen LogP contribution in [0.3, 0.4) is 0 Å². The molecule has 2 amide bonds. The van der Waals surface area contributed by atoms with Crippen LogP contribution < -0.4 is 15.4 Å². The minimum absolute atomic E-state index is 0.120. The van der Waals surface area contributed by atoms with Crippen molar-refractivity contribution in [2.24, 2.45) is 5.92 Å². The van der Waals surface area contributed by atoms with E-state index in [1.807, 2.05) is 12.1 Å². The van der Waals surface area contributed by atoms with Crippen molar-refractivity contribution in [2.45, 2.75) is 44.4 Å². The molecule has 2 aliphatic rings. The molecule has 35 heavy (non-hydrogen) atoms. The monoisotopic (exact) mass is 475 g/mol. The second-order valence-electron chi connectivity index (χ2n) is 8.93. The number of carbonyl (C=O) groups is 3. The fourth-order valence-electron chi connectivity index (χ4n) is 4.89. The predicted molar refractivity (Wildman–Crippen MR) is 129 cm³/mol. The largest absolute Gasteiger partial charge is 0.493 e. The third-order valence-corrected chi connectivity index (χ3v) is 6.83. The van der Waals surface area contributed by atoms with E-state index in [4.69, 9.17) is 9.47 Å². The Balaban J connectivity index is 1.51. The quantitative estimate of drug-likeness (QED) is 0.565. The SMILES string of the molecule is CCOC(=O)CCCc1ccc(C#N)cc1NC(=O)[C@@H]1C[C@]12CCOc1ccc(C(=O)NC)cc12. The molecule has 1 fully saturated rings. The van der Waals surface area contributed by atoms with E-state index < -0.39 is 0 Å². The van der Waals surface area contributed by atoms with Crippen molar-refractivity contribution in [1.82, 2.24) is 5.32 Å². The summed E-state index contributed by atoms with van der Waals surface area (Å²) in [6.45, 7) is 2.63. The Morgan fingerprint density at radius 3 is 2.80 bits per heavy atom. The molecule has 0 saturated heterocycles. The molecule has 1 aliphatic carbocycles. The molecule has 0 aromatic heterocycles. The molecule has 1 saturated carbocycles. The van der Waals surface area contributed by atoms with Gasteiger partial charge in [0.25, 0.3) is 5.91 Å². The molecule has 8 nitrogen and oxygen atoms in total. The summed E-state index contributed by atoms with van der Waals surface area (Å²) in [5.41, 5.74) is 2.97. The zero-order valence-electron chi connectivity index (χ0n) is 20.0. The van der Waals surface area contributed by atoms with E-state index in [2.05, 4.69) is 16.7 Å². The van der Waals surface area contributed by atoms with Crippen LogP contribution in [-0.4, -0.2) is 38.0 Å². The van der Waals surface area contributed by atoms with Crippen LogP contribution in [0.5, 0.6) is 5.75 Å². The molecular formula is C27H29N3O5. The van der Waals surface area contributed by atoms with Crippen LogP contribution in [-0.2, 0) is 26.2 Å². The van der Waals surface area contributed by atoms with Crippen molar-refractivity contribution < 1.29 is 23.9 Å². The maximum Gasteiger partial charge on any atom is 0.305 e. The molecule has 0 bridgehead atoms. The summed E-state index contributed by atoms with van der Waals surface area (Å²) >= 11 is 0. The van der Waals surface area contributed by atoms with Crippen LogP contribution in [0.4, 0.5) is 5.69 Å². The van der Waals surface area contributed by atoms with Crippen LogP contribution in [0.2, 0.25) is 0 Å². The molecule has 2 aromatic carbocycles. The Labute approximate surface area is 204 Å². The minimum Gasteiger partial charge on any atom is -0.493 e. The second kappa shape index (κ2) is 10.2. The summed E-state index contributed by atoms with van der Waals surface area (Å²) in [4.78, 5) is 37.2. The highest BCUT2D eigenvalue weighted by atomic mass is 16.5. The highest BCUT2D eigenvalue weighted by Crippen LogP contribution is 2.61. The predicted octanol–water partition coefficient (Wildman–Crippen LogP) is 3.48. The Morgan fingerprint density at radius 2 is 2.06 bits per heavy atom. The zero-order chi connectivity index (χ0) is 25.0. The molecule has 8 heteroatoms. The maximum absolute atomic E-state index is 13.4. The fraction of sp³-hybridized carbons (Fsp3) is 0.407. The minimum atomic E-state index is -0.362. The number of esters is 1. The van der Waals surface area contributed by atoms with Crippen molar-refractivity contribution in [2.75, 3.05) is 25.6 Å². The van der Waals surface area contributed by atoms with Crippen molar-refractivity contribution in [1.29, 1.82) is 5.26 Å². The van der Waals surface area contributed by atoms with Crippen LogP contribution in [0.1, 0.15) is 59.7 Å². The molecule has 182 valence electrons. The first-order valence-corrected chi connectivity index (χ1v) is 11.9. The summed E-state index contributed by atoms with van der Waals surface area (Å²) in [5, 5.41) is 15.0. The molecule has 0 unspecified atom stereocenters. The van der Waals surface area contributed by atoms with Crippen molar-refractivity contribution in [3.63, 3.8) is 0 Å². The number of fused-ring (bicyclic) bond motifs is 2. The average Bonchev–Trinajstić information content (AvgIpc) is 3.59. The Kier molecular flexibility index (Phi) is 7.06. The van der Waals surface area contributed by atoms with Crippen LogP contribution in [0, 0.1) is 17.2 Å². The number of rotatable bonds is 8. The zero-order valence-corrected chi connectivity index (χ0v) is 20.0. The van der Waals surface area contributed by atoms with E-state index >= 15 is 0 Å². The van der Waals surface area contributed by atoms with Gasteiger partial charge in [-0.2, -0.15) is 5.26 Å². The smallest absolute Gasteiger partial charge is 0.305 e. The number of carbonyl (C=O) groups excluding carboxylic acids is 3. The Hall–Kier alpha value is -3.86. The summed E-state index contributed by atoms with van der Waals surface area (Å²) in [6, 6.07) is 12.7. The van der Waals surface area contributed by atoms with Crippen molar-refractivity contribution in [3.05, 3.63) is 58.7 Å². The summed E-state index contributed by atoms with van der Waals surface area (Å²) < 4.78 is 10.8. The van der Waals surface area contributed by atoms with Crippen LogP contribution >= 0.6 is 0 Å². The lowest BCUT2D eigenvalue weighted by Gasteiger charge is -2.27. The van der Waals surface area contributed by atoms with Gasteiger partial charge in [-0.1, -0.05) is 6.07 Å². The number of nitriles is 1. The number of aryl methyl sites for hydroxylation is 1. The van der Waals surface area contributed by atoms with Gasteiger partial charge in [0, 0.05) is 41.6 Å². The number of hydrogen-bond acceptors (Lipinski definition) is 6. The molecule has 1 spiro atoms.